The van der Waals surface area contributed by atoms with Crippen LogP contribution in [0.2, 0.25) is 0 Å². The number of methoxy groups -OCH3 is 1. The fourth-order valence-corrected chi connectivity index (χ4v) is 7.52. The molecule has 0 bridgehead atoms. The van der Waals surface area contributed by atoms with E-state index in [0.29, 0.717) is 32.1 Å². The zero-order chi connectivity index (χ0) is 33.6. The van der Waals surface area contributed by atoms with Gasteiger partial charge in [-0.1, -0.05) is 17.9 Å². The molecule has 3 saturated heterocycles. The third-order valence-corrected chi connectivity index (χ3v) is 9.97. The molecule has 7 rings (SSSR count). The van der Waals surface area contributed by atoms with Crippen LogP contribution in [0.4, 0.5) is 32.9 Å². The number of nitrogens with two attached hydrogens (primary N) is 1. The van der Waals surface area contributed by atoms with E-state index in [2.05, 4.69) is 26.4 Å². The van der Waals surface area contributed by atoms with Gasteiger partial charge in [0.2, 0.25) is 5.91 Å². The third-order valence-electron chi connectivity index (χ3n) is 9.08. The van der Waals surface area contributed by atoms with Gasteiger partial charge in [-0.25, -0.2) is 13.8 Å². The Labute approximate surface area is 271 Å². The highest BCUT2D eigenvalue weighted by Gasteiger charge is 2.37. The Bertz CT molecular complexity index is 1820. The molecule has 5 heterocycles. The second-order valence-corrected chi connectivity index (χ2v) is 13.0. The lowest BCUT2D eigenvalue weighted by molar-refractivity contribution is -0.137. The number of alkyl halides is 4. The molecular weight excluding hydrogens is 641 g/mol. The number of hydrogen-bond acceptors (Lipinski definition) is 9. The molecule has 2 aromatic heterocycles. The van der Waals surface area contributed by atoms with E-state index < -0.39 is 23.7 Å². The van der Waals surface area contributed by atoms with Gasteiger partial charge in [0.15, 0.2) is 5.13 Å². The Morgan fingerprint density at radius 1 is 1.15 bits per heavy atom. The van der Waals surface area contributed by atoms with E-state index in [-0.39, 0.29) is 61.2 Å². The number of anilines is 2. The quantitative estimate of drug-likeness (QED) is 0.201. The molecule has 0 aliphatic carbocycles. The molecule has 15 heteroatoms. The number of aromatic nitrogens is 3. The molecule has 9 nitrogen and oxygen atoms in total. The Hall–Kier alpha value is -4.11. The highest BCUT2D eigenvalue weighted by molar-refractivity contribution is 7.22. The molecule has 0 spiro atoms. The van der Waals surface area contributed by atoms with Gasteiger partial charge < -0.3 is 20.3 Å². The average molecular weight is 676 g/mol. The number of rotatable bonds is 5. The summed E-state index contributed by atoms with van der Waals surface area (Å²) in [6.45, 7) is 6.21. The molecule has 3 fully saturated rings. The molecule has 47 heavy (non-hydrogen) atoms. The van der Waals surface area contributed by atoms with E-state index in [9.17, 15) is 26.7 Å². The first kappa shape index (κ1) is 32.8. The number of benzene rings is 2. The van der Waals surface area contributed by atoms with Crippen molar-refractivity contribution in [2.24, 2.45) is 0 Å². The summed E-state index contributed by atoms with van der Waals surface area (Å²) >= 11 is 0.859. The first-order chi connectivity index (χ1) is 22.4. The van der Waals surface area contributed by atoms with E-state index in [0.717, 1.165) is 36.4 Å². The number of likely N-dealkylation sites (tertiary alicyclic amines) is 1. The molecule has 3 atom stereocenters. The topological polar surface area (TPSA) is 101 Å². The minimum atomic E-state index is -4.76. The second-order valence-electron chi connectivity index (χ2n) is 11.9. The Balaban J connectivity index is 0.000000366. The maximum absolute atomic E-state index is 14.5. The SMILES string of the molecule is C=CC(=O)N1CCC(N(C)c2nc(OC)nc3cc(-c4ccc(F)c5sc(N)nc45)c(C(F)(F)F)cc23)C1.FC1CC2CCCN2C1. The van der Waals surface area contributed by atoms with Crippen molar-refractivity contribution >= 4 is 49.3 Å². The molecule has 3 aliphatic heterocycles. The summed E-state index contributed by atoms with van der Waals surface area (Å²) in [6.07, 6.45) is -0.132. The summed E-state index contributed by atoms with van der Waals surface area (Å²) in [4.78, 5) is 30.5. The molecule has 0 radical (unpaired) electrons. The second kappa shape index (κ2) is 12.8. The fourth-order valence-electron chi connectivity index (χ4n) is 6.75. The summed E-state index contributed by atoms with van der Waals surface area (Å²) in [5, 5.41) is 0.183. The Morgan fingerprint density at radius 3 is 2.64 bits per heavy atom. The fraction of sp³-hybridized carbons (Fsp3) is 0.438. The van der Waals surface area contributed by atoms with Crippen LogP contribution < -0.4 is 15.4 Å². The predicted molar refractivity (Wildman–Crippen MR) is 172 cm³/mol. The highest BCUT2D eigenvalue weighted by Crippen LogP contribution is 2.44. The molecule has 3 aliphatic rings. The zero-order valence-electron chi connectivity index (χ0n) is 25.9. The van der Waals surface area contributed by atoms with Gasteiger partial charge in [0.05, 0.1) is 28.4 Å². The molecular formula is C32H34F5N7O2S. The van der Waals surface area contributed by atoms with Crippen molar-refractivity contribution in [3.63, 3.8) is 0 Å². The van der Waals surface area contributed by atoms with E-state index in [1.807, 2.05) is 0 Å². The lowest BCUT2D eigenvalue weighted by atomic mass is 9.96. The van der Waals surface area contributed by atoms with Crippen LogP contribution in [-0.2, 0) is 11.0 Å². The number of nitrogens with zero attached hydrogens (tertiary/aromatic N) is 6. The van der Waals surface area contributed by atoms with Gasteiger partial charge in [-0.2, -0.15) is 23.1 Å². The van der Waals surface area contributed by atoms with Crippen LogP contribution in [0.15, 0.2) is 36.9 Å². The standard InChI is InChI=1S/C25H22F4N6O2S.C7H12FN/c1-4-19(36)35-8-7-12(11-35)34(2)22-15-9-16(25(27,28)29)14(10-18(15)31-24(33-22)37-3)13-5-6-17(26)21-20(13)32-23(30)38-21;8-6-4-7-2-1-3-9(7)5-6/h4-6,9-10,12H,1,7-8,11H2,2-3H3,(H2,30,32);6-7H,1-5H2. The minimum Gasteiger partial charge on any atom is -0.467 e. The maximum Gasteiger partial charge on any atom is 0.417 e. The van der Waals surface area contributed by atoms with Crippen molar-refractivity contribution < 1.29 is 31.5 Å². The first-order valence-corrected chi connectivity index (χ1v) is 16.0. The molecule has 2 N–H and O–H groups in total. The van der Waals surface area contributed by atoms with Crippen molar-refractivity contribution in [3.05, 3.63) is 48.3 Å². The van der Waals surface area contributed by atoms with Crippen LogP contribution >= 0.6 is 11.3 Å². The van der Waals surface area contributed by atoms with Gasteiger partial charge >= 0.3 is 12.2 Å². The molecule has 1 amide bonds. The van der Waals surface area contributed by atoms with Crippen molar-refractivity contribution in [3.8, 4) is 17.1 Å². The van der Waals surface area contributed by atoms with Crippen molar-refractivity contribution in [1.82, 2.24) is 24.8 Å². The highest BCUT2D eigenvalue weighted by atomic mass is 32.1. The smallest absolute Gasteiger partial charge is 0.417 e. The van der Waals surface area contributed by atoms with Crippen LogP contribution in [0, 0.1) is 5.82 Å². The number of ether oxygens (including phenoxy) is 1. The van der Waals surface area contributed by atoms with E-state index >= 15 is 0 Å². The zero-order valence-corrected chi connectivity index (χ0v) is 26.7. The lowest BCUT2D eigenvalue weighted by Crippen LogP contribution is -2.36. The van der Waals surface area contributed by atoms with E-state index in [1.165, 1.54) is 38.2 Å². The summed E-state index contributed by atoms with van der Waals surface area (Å²) in [6, 6.07) is 4.99. The Kier molecular flexibility index (Phi) is 8.96. The van der Waals surface area contributed by atoms with Crippen LogP contribution in [0.25, 0.3) is 32.2 Å². The van der Waals surface area contributed by atoms with Crippen LogP contribution in [-0.4, -0.2) is 89.3 Å². The number of fused-ring (bicyclic) bond motifs is 3. The Morgan fingerprint density at radius 2 is 1.94 bits per heavy atom. The van der Waals surface area contributed by atoms with Gasteiger partial charge in [0, 0.05) is 49.7 Å². The summed E-state index contributed by atoms with van der Waals surface area (Å²) in [7, 11) is 3.06. The van der Waals surface area contributed by atoms with Crippen LogP contribution in [0.1, 0.15) is 31.2 Å². The van der Waals surface area contributed by atoms with Gasteiger partial charge in [-0.05, 0) is 68.1 Å². The minimum absolute atomic E-state index is 0.0358. The van der Waals surface area contributed by atoms with Gasteiger partial charge in [0.1, 0.15) is 17.8 Å². The van der Waals surface area contributed by atoms with Gasteiger partial charge in [-0.3, -0.25) is 9.69 Å². The molecule has 4 aromatic rings. The number of likely N-dealkylation sites (N-methyl/N-ethyl adjacent to an activating group) is 1. The lowest BCUT2D eigenvalue weighted by Gasteiger charge is -2.27. The molecule has 2 aromatic carbocycles. The number of amides is 1. The van der Waals surface area contributed by atoms with Gasteiger partial charge in [-0.15, -0.1) is 0 Å². The predicted octanol–water partition coefficient (Wildman–Crippen LogP) is 6.07. The van der Waals surface area contributed by atoms with E-state index in [4.69, 9.17) is 10.5 Å². The monoisotopic (exact) mass is 675 g/mol. The molecule has 250 valence electrons. The molecule has 3 unspecified atom stereocenters. The largest absolute Gasteiger partial charge is 0.467 e. The third kappa shape index (κ3) is 6.42. The summed E-state index contributed by atoms with van der Waals surface area (Å²) in [5.74, 6) is -0.618. The number of nitrogen functional groups attached to an aromatic ring is 1. The number of carbonyl (C=O) groups excluding carboxylic acids is 1. The number of carbonyl (C=O) groups is 1. The first-order valence-electron chi connectivity index (χ1n) is 15.2. The van der Waals surface area contributed by atoms with Gasteiger partial charge in [0.25, 0.3) is 0 Å². The van der Waals surface area contributed by atoms with Crippen molar-refractivity contribution in [1.29, 1.82) is 0 Å². The van der Waals surface area contributed by atoms with Crippen LogP contribution in [0.3, 0.4) is 0 Å². The van der Waals surface area contributed by atoms with Crippen LogP contribution in [0.5, 0.6) is 6.01 Å². The molecule has 0 saturated carbocycles. The number of halogens is 5. The normalized spacial score (nSPS) is 21.2. The number of hydrogen-bond donors (Lipinski definition) is 1. The summed E-state index contributed by atoms with van der Waals surface area (Å²) < 4.78 is 75.7. The van der Waals surface area contributed by atoms with Crippen molar-refractivity contribution in [2.45, 2.75) is 50.1 Å². The number of thiazole rings is 1. The maximum atomic E-state index is 14.5. The summed E-state index contributed by atoms with van der Waals surface area (Å²) in [5.41, 5.74) is 4.88. The van der Waals surface area contributed by atoms with Crippen molar-refractivity contribution in [2.75, 3.05) is 51.0 Å². The average Bonchev–Trinajstić information content (AvgIpc) is 3.84. The van der Waals surface area contributed by atoms with E-state index in [1.54, 1.807) is 16.8 Å².